The first kappa shape index (κ1) is 13.6. The van der Waals surface area contributed by atoms with Crippen LogP contribution in [0.25, 0.3) is 21.9 Å². The maximum absolute atomic E-state index is 5.51. The van der Waals surface area contributed by atoms with Gasteiger partial charge in [-0.15, -0.1) is 0 Å². The third kappa shape index (κ3) is 2.25. The molecule has 0 spiro atoms. The van der Waals surface area contributed by atoms with Gasteiger partial charge in [0, 0.05) is 17.2 Å². The minimum Gasteiger partial charge on any atom is -0.329 e. The molecule has 0 saturated heterocycles. The van der Waals surface area contributed by atoms with Crippen LogP contribution in [0.15, 0.2) is 30.5 Å². The summed E-state index contributed by atoms with van der Waals surface area (Å²) < 4.78 is 3.01. The van der Waals surface area contributed by atoms with E-state index in [9.17, 15) is 0 Å². The molecule has 104 valence electrons. The summed E-state index contributed by atoms with van der Waals surface area (Å²) in [7, 11) is 0. The summed E-state index contributed by atoms with van der Waals surface area (Å²) in [5, 5.41) is 1.16. The fraction of sp³-hybridized carbons (Fsp3) is 0.333. The SMILES string of the molecule is CCSCC(C)n1c(=S)[nH]c2cnc3ccccc3c21. The average molecular weight is 303 g/mol. The topological polar surface area (TPSA) is 33.6 Å². The number of pyridine rings is 1. The van der Waals surface area contributed by atoms with Crippen molar-refractivity contribution in [1.29, 1.82) is 0 Å². The molecule has 3 aromatic rings. The molecule has 3 rings (SSSR count). The van der Waals surface area contributed by atoms with Gasteiger partial charge in [-0.25, -0.2) is 0 Å². The molecule has 5 heteroatoms. The number of nitrogens with zero attached hydrogens (tertiary/aromatic N) is 2. The molecular formula is C15H17N3S2. The average Bonchev–Trinajstić information content (AvgIpc) is 2.81. The van der Waals surface area contributed by atoms with Crippen LogP contribution < -0.4 is 0 Å². The molecule has 0 amide bonds. The van der Waals surface area contributed by atoms with Gasteiger partial charge in [-0.1, -0.05) is 25.1 Å². The number of nitrogens with one attached hydrogen (secondary N) is 1. The van der Waals surface area contributed by atoms with Crippen LogP contribution in [0.5, 0.6) is 0 Å². The number of fused-ring (bicyclic) bond motifs is 3. The van der Waals surface area contributed by atoms with Crippen LogP contribution in [0.2, 0.25) is 0 Å². The number of aromatic amines is 1. The van der Waals surface area contributed by atoms with E-state index in [-0.39, 0.29) is 0 Å². The van der Waals surface area contributed by atoms with E-state index in [4.69, 9.17) is 12.2 Å². The lowest BCUT2D eigenvalue weighted by Crippen LogP contribution is -2.08. The predicted octanol–water partition coefficient (Wildman–Crippen LogP) is 4.56. The summed E-state index contributed by atoms with van der Waals surface area (Å²) in [6, 6.07) is 8.59. The Labute approximate surface area is 127 Å². The Balaban J connectivity index is 2.27. The van der Waals surface area contributed by atoms with Crippen LogP contribution in [0.1, 0.15) is 19.9 Å². The van der Waals surface area contributed by atoms with Crippen molar-refractivity contribution >= 4 is 45.9 Å². The van der Waals surface area contributed by atoms with Crippen molar-refractivity contribution in [3.8, 4) is 0 Å². The van der Waals surface area contributed by atoms with E-state index in [1.807, 2.05) is 30.1 Å². The molecule has 1 N–H and O–H groups in total. The highest BCUT2D eigenvalue weighted by molar-refractivity contribution is 7.99. The summed E-state index contributed by atoms with van der Waals surface area (Å²) in [4.78, 5) is 7.77. The van der Waals surface area contributed by atoms with E-state index in [2.05, 4.69) is 40.5 Å². The first-order valence-corrected chi connectivity index (χ1v) is 8.34. The maximum Gasteiger partial charge on any atom is 0.178 e. The molecular weight excluding hydrogens is 286 g/mol. The first-order chi connectivity index (χ1) is 9.72. The molecule has 1 atom stereocenters. The van der Waals surface area contributed by atoms with E-state index in [1.165, 1.54) is 5.52 Å². The van der Waals surface area contributed by atoms with Gasteiger partial charge in [0.1, 0.15) is 0 Å². The zero-order valence-corrected chi connectivity index (χ0v) is 13.2. The summed E-state index contributed by atoms with van der Waals surface area (Å²) in [5.74, 6) is 2.19. The molecule has 0 aliphatic heterocycles. The van der Waals surface area contributed by atoms with Gasteiger partial charge in [0.2, 0.25) is 0 Å². The number of benzene rings is 1. The summed E-state index contributed by atoms with van der Waals surface area (Å²) in [5.41, 5.74) is 3.20. The summed E-state index contributed by atoms with van der Waals surface area (Å²) in [6.45, 7) is 4.41. The van der Waals surface area contributed by atoms with Crippen LogP contribution in [-0.2, 0) is 0 Å². The number of aromatic nitrogens is 3. The number of thioether (sulfide) groups is 1. The monoisotopic (exact) mass is 303 g/mol. The fourth-order valence-corrected chi connectivity index (χ4v) is 3.65. The van der Waals surface area contributed by atoms with Gasteiger partial charge in [-0.05, 0) is 31.0 Å². The highest BCUT2D eigenvalue weighted by Gasteiger charge is 2.14. The third-order valence-electron chi connectivity index (χ3n) is 3.45. The quantitative estimate of drug-likeness (QED) is 0.717. The smallest absolute Gasteiger partial charge is 0.178 e. The molecule has 0 saturated carbocycles. The Kier molecular flexibility index (Phi) is 3.81. The number of hydrogen-bond donors (Lipinski definition) is 1. The van der Waals surface area contributed by atoms with Crippen LogP contribution in [0.4, 0.5) is 0 Å². The molecule has 1 aromatic carbocycles. The second-order valence-corrected chi connectivity index (χ2v) is 6.55. The van der Waals surface area contributed by atoms with Gasteiger partial charge < -0.3 is 9.55 Å². The van der Waals surface area contributed by atoms with Crippen molar-refractivity contribution in [2.24, 2.45) is 0 Å². The number of rotatable bonds is 4. The lowest BCUT2D eigenvalue weighted by molar-refractivity contribution is 0.620. The van der Waals surface area contributed by atoms with Crippen LogP contribution in [0.3, 0.4) is 0 Å². The van der Waals surface area contributed by atoms with E-state index >= 15 is 0 Å². The maximum atomic E-state index is 5.51. The first-order valence-electron chi connectivity index (χ1n) is 6.78. The normalized spacial score (nSPS) is 13.1. The molecule has 2 heterocycles. The Hall–Kier alpha value is -1.33. The molecule has 3 nitrogen and oxygen atoms in total. The Morgan fingerprint density at radius 2 is 2.20 bits per heavy atom. The number of H-pyrrole nitrogens is 1. The standard InChI is InChI=1S/C15H17N3S2/c1-3-20-9-10(2)18-14-11-6-4-5-7-12(11)16-8-13(14)17-15(18)19/h4-8,10H,3,9H2,1-2H3,(H,17,19). The molecule has 0 radical (unpaired) electrons. The van der Waals surface area contributed by atoms with Crippen LogP contribution >= 0.6 is 24.0 Å². The Bertz CT molecular complexity index is 804. The second-order valence-electron chi connectivity index (χ2n) is 4.85. The highest BCUT2D eigenvalue weighted by Crippen LogP contribution is 2.27. The Morgan fingerprint density at radius 3 is 3.00 bits per heavy atom. The van der Waals surface area contributed by atoms with Crippen molar-refractivity contribution in [1.82, 2.24) is 14.5 Å². The summed E-state index contributed by atoms with van der Waals surface area (Å²) >= 11 is 7.45. The lowest BCUT2D eigenvalue weighted by atomic mass is 10.2. The Morgan fingerprint density at radius 1 is 1.40 bits per heavy atom. The predicted molar refractivity (Wildman–Crippen MR) is 90.1 cm³/mol. The van der Waals surface area contributed by atoms with Gasteiger partial charge in [0.25, 0.3) is 0 Å². The van der Waals surface area contributed by atoms with E-state index < -0.39 is 0 Å². The van der Waals surface area contributed by atoms with Gasteiger partial charge in [-0.2, -0.15) is 11.8 Å². The molecule has 2 aromatic heterocycles. The van der Waals surface area contributed by atoms with Gasteiger partial charge in [-0.3, -0.25) is 4.98 Å². The van der Waals surface area contributed by atoms with Gasteiger partial charge in [0.05, 0.1) is 22.7 Å². The summed E-state index contributed by atoms with van der Waals surface area (Å²) in [6.07, 6.45) is 1.88. The number of para-hydroxylation sites is 1. The molecule has 0 fully saturated rings. The zero-order chi connectivity index (χ0) is 14.1. The van der Waals surface area contributed by atoms with Crippen molar-refractivity contribution in [2.75, 3.05) is 11.5 Å². The van der Waals surface area contributed by atoms with E-state index in [0.717, 1.165) is 32.7 Å². The number of imidazole rings is 1. The zero-order valence-electron chi connectivity index (χ0n) is 11.6. The molecule has 0 bridgehead atoms. The van der Waals surface area contributed by atoms with E-state index in [1.54, 1.807) is 0 Å². The minimum atomic E-state index is 0.368. The lowest BCUT2D eigenvalue weighted by Gasteiger charge is -2.14. The minimum absolute atomic E-state index is 0.368. The van der Waals surface area contributed by atoms with Crippen molar-refractivity contribution in [2.45, 2.75) is 19.9 Å². The van der Waals surface area contributed by atoms with E-state index in [0.29, 0.717) is 6.04 Å². The molecule has 0 aliphatic carbocycles. The molecule has 20 heavy (non-hydrogen) atoms. The molecule has 0 aliphatic rings. The van der Waals surface area contributed by atoms with Crippen molar-refractivity contribution in [3.63, 3.8) is 0 Å². The third-order valence-corrected chi connectivity index (χ3v) is 4.88. The second kappa shape index (κ2) is 5.58. The van der Waals surface area contributed by atoms with Crippen molar-refractivity contribution in [3.05, 3.63) is 35.2 Å². The van der Waals surface area contributed by atoms with Gasteiger partial charge in [0.15, 0.2) is 4.77 Å². The number of hydrogen-bond acceptors (Lipinski definition) is 3. The van der Waals surface area contributed by atoms with Crippen LogP contribution in [-0.4, -0.2) is 26.0 Å². The van der Waals surface area contributed by atoms with Crippen LogP contribution in [0, 0.1) is 4.77 Å². The van der Waals surface area contributed by atoms with Crippen molar-refractivity contribution < 1.29 is 0 Å². The largest absolute Gasteiger partial charge is 0.329 e. The molecule has 1 unspecified atom stereocenters. The highest BCUT2D eigenvalue weighted by atomic mass is 32.2. The van der Waals surface area contributed by atoms with Gasteiger partial charge >= 0.3 is 0 Å². The fourth-order valence-electron chi connectivity index (χ4n) is 2.54.